The van der Waals surface area contributed by atoms with Crippen LogP contribution < -0.4 is 10.6 Å². The summed E-state index contributed by atoms with van der Waals surface area (Å²) in [5.41, 5.74) is 10.8. The number of aliphatic imine (C=N–C) groups is 1. The van der Waals surface area contributed by atoms with Crippen LogP contribution >= 0.6 is 0 Å². The number of benzene rings is 1. The van der Waals surface area contributed by atoms with E-state index in [4.69, 9.17) is 5.73 Å². The van der Waals surface area contributed by atoms with Crippen LogP contribution in [0.2, 0.25) is 0 Å². The van der Waals surface area contributed by atoms with E-state index in [0.29, 0.717) is 12.5 Å². The minimum atomic E-state index is 0.136. The van der Waals surface area contributed by atoms with Gasteiger partial charge < -0.3 is 10.6 Å². The molecule has 0 saturated heterocycles. The van der Waals surface area contributed by atoms with Gasteiger partial charge in [0.25, 0.3) is 0 Å². The summed E-state index contributed by atoms with van der Waals surface area (Å²) in [6, 6.07) is 8.52. The number of anilines is 1. The summed E-state index contributed by atoms with van der Waals surface area (Å²) in [6.07, 6.45) is 2.99. The Morgan fingerprint density at radius 3 is 2.67 bits per heavy atom. The second-order valence-corrected chi connectivity index (χ2v) is 5.48. The number of hydrogen-bond donors (Lipinski definition) is 1. The number of rotatable bonds is 3. The van der Waals surface area contributed by atoms with Crippen LogP contribution in [-0.4, -0.2) is 22.3 Å². The topological polar surface area (TPSA) is 59.4 Å². The highest BCUT2D eigenvalue weighted by atomic mass is 15.3. The summed E-state index contributed by atoms with van der Waals surface area (Å²) >= 11 is 0. The van der Waals surface area contributed by atoms with Crippen molar-refractivity contribution in [3.8, 4) is 0 Å². The summed E-state index contributed by atoms with van der Waals surface area (Å²) in [5, 5.41) is 4.54. The molecular weight excluding hydrogens is 262 g/mol. The predicted octanol–water partition coefficient (Wildman–Crippen LogP) is 2.17. The van der Waals surface area contributed by atoms with Crippen molar-refractivity contribution in [2.24, 2.45) is 17.8 Å². The van der Waals surface area contributed by atoms with Crippen molar-refractivity contribution in [3.63, 3.8) is 0 Å². The van der Waals surface area contributed by atoms with Crippen LogP contribution in [0.15, 0.2) is 35.5 Å². The van der Waals surface area contributed by atoms with Gasteiger partial charge in [0.05, 0.1) is 18.3 Å². The second kappa shape index (κ2) is 5.24. The third-order valence-corrected chi connectivity index (χ3v) is 3.93. The van der Waals surface area contributed by atoms with E-state index in [1.807, 2.05) is 11.7 Å². The van der Waals surface area contributed by atoms with Crippen molar-refractivity contribution in [1.82, 2.24) is 9.78 Å². The molecule has 2 heterocycles. The molecule has 3 rings (SSSR count). The lowest BCUT2D eigenvalue weighted by Gasteiger charge is -2.26. The Morgan fingerprint density at radius 1 is 1.29 bits per heavy atom. The first-order valence-electron chi connectivity index (χ1n) is 7.28. The first kappa shape index (κ1) is 13.7. The fourth-order valence-corrected chi connectivity index (χ4v) is 2.86. The maximum atomic E-state index is 6.12. The summed E-state index contributed by atoms with van der Waals surface area (Å²) in [4.78, 5) is 6.55. The Kier molecular flexibility index (Phi) is 3.41. The van der Waals surface area contributed by atoms with E-state index < -0.39 is 0 Å². The molecule has 0 spiro atoms. The van der Waals surface area contributed by atoms with E-state index in [2.05, 4.69) is 59.3 Å². The minimum Gasteiger partial charge on any atom is -0.369 e. The highest BCUT2D eigenvalue weighted by molar-refractivity contribution is 5.97. The Morgan fingerprint density at radius 2 is 2.00 bits per heavy atom. The van der Waals surface area contributed by atoms with Crippen molar-refractivity contribution >= 4 is 11.6 Å². The summed E-state index contributed by atoms with van der Waals surface area (Å²) in [6.45, 7) is 4.89. The molecule has 5 heteroatoms. The largest absolute Gasteiger partial charge is 0.369 e. The lowest BCUT2D eigenvalue weighted by Crippen LogP contribution is -2.36. The number of aromatic nitrogens is 2. The van der Waals surface area contributed by atoms with E-state index in [1.165, 1.54) is 11.1 Å². The lowest BCUT2D eigenvalue weighted by molar-refractivity contribution is 0.746. The van der Waals surface area contributed by atoms with Crippen LogP contribution in [-0.2, 0) is 13.5 Å². The molecule has 0 aliphatic carbocycles. The summed E-state index contributed by atoms with van der Waals surface area (Å²) < 4.78 is 1.87. The van der Waals surface area contributed by atoms with Crippen molar-refractivity contribution in [2.45, 2.75) is 26.3 Å². The summed E-state index contributed by atoms with van der Waals surface area (Å²) in [5.74, 6) is 0.578. The van der Waals surface area contributed by atoms with Gasteiger partial charge in [0.1, 0.15) is 0 Å². The van der Waals surface area contributed by atoms with Gasteiger partial charge in [0.15, 0.2) is 5.96 Å². The average Bonchev–Trinajstić information content (AvgIpc) is 3.02. The quantitative estimate of drug-likeness (QED) is 0.939. The minimum absolute atomic E-state index is 0.136. The zero-order valence-electron chi connectivity index (χ0n) is 12.7. The van der Waals surface area contributed by atoms with Crippen LogP contribution in [0.5, 0.6) is 0 Å². The Labute approximate surface area is 125 Å². The van der Waals surface area contributed by atoms with Crippen molar-refractivity contribution < 1.29 is 0 Å². The third kappa shape index (κ3) is 2.39. The highest BCUT2D eigenvalue weighted by Gasteiger charge is 2.31. The van der Waals surface area contributed by atoms with Gasteiger partial charge in [0, 0.05) is 24.5 Å². The normalized spacial score (nSPS) is 18.1. The molecule has 1 atom stereocenters. The molecule has 1 aliphatic rings. The fraction of sp³-hybridized carbons (Fsp3) is 0.375. The van der Waals surface area contributed by atoms with Gasteiger partial charge in [-0.2, -0.15) is 5.10 Å². The molecule has 1 aromatic heterocycles. The van der Waals surface area contributed by atoms with Crippen molar-refractivity contribution in [3.05, 3.63) is 47.3 Å². The zero-order chi connectivity index (χ0) is 15.0. The Balaban J connectivity index is 2.00. The Bertz CT molecular complexity index is 668. The molecule has 21 heavy (non-hydrogen) atoms. The molecule has 0 radical (unpaired) electrons. The maximum Gasteiger partial charge on any atom is 0.196 e. The molecular formula is C16H21N5. The summed E-state index contributed by atoms with van der Waals surface area (Å²) in [7, 11) is 1.96. The third-order valence-electron chi connectivity index (χ3n) is 3.93. The molecule has 1 aliphatic heterocycles. The Hall–Kier alpha value is -2.30. The monoisotopic (exact) mass is 283 g/mol. The average molecular weight is 283 g/mol. The van der Waals surface area contributed by atoms with Crippen LogP contribution in [0.1, 0.15) is 29.8 Å². The smallest absolute Gasteiger partial charge is 0.196 e. The molecule has 0 bridgehead atoms. The van der Waals surface area contributed by atoms with Gasteiger partial charge in [-0.15, -0.1) is 0 Å². The number of nitrogens with two attached hydrogens (primary N) is 1. The van der Waals surface area contributed by atoms with Crippen LogP contribution in [0, 0.1) is 6.92 Å². The molecule has 110 valence electrons. The number of guanidine groups is 1. The highest BCUT2D eigenvalue weighted by Crippen LogP contribution is 2.32. The molecule has 1 unspecified atom stereocenters. The zero-order valence-corrected chi connectivity index (χ0v) is 12.7. The van der Waals surface area contributed by atoms with E-state index in [0.717, 1.165) is 17.8 Å². The van der Waals surface area contributed by atoms with Gasteiger partial charge in [0.2, 0.25) is 0 Å². The molecule has 2 aromatic rings. The number of nitrogens with zero attached hydrogens (tertiary/aromatic N) is 4. The predicted molar refractivity (Wildman–Crippen MR) is 85.5 cm³/mol. The molecule has 1 aromatic carbocycles. The van der Waals surface area contributed by atoms with Gasteiger partial charge >= 0.3 is 0 Å². The van der Waals surface area contributed by atoms with Crippen molar-refractivity contribution in [1.29, 1.82) is 0 Å². The fourth-order valence-electron chi connectivity index (χ4n) is 2.86. The van der Waals surface area contributed by atoms with E-state index >= 15 is 0 Å². The van der Waals surface area contributed by atoms with Gasteiger partial charge in [-0.25, -0.2) is 0 Å². The molecule has 5 nitrogen and oxygen atoms in total. The lowest BCUT2D eigenvalue weighted by atomic mass is 10.0. The first-order chi connectivity index (χ1) is 10.1. The van der Waals surface area contributed by atoms with E-state index in [-0.39, 0.29) is 6.04 Å². The molecule has 2 N–H and O–H groups in total. The SMILES string of the molecule is CCc1nn(C)cc1C1CN=C(N)N1c1ccc(C)cc1. The van der Waals surface area contributed by atoms with E-state index in [1.54, 1.807) is 0 Å². The molecule has 0 amide bonds. The second-order valence-electron chi connectivity index (χ2n) is 5.48. The van der Waals surface area contributed by atoms with Crippen LogP contribution in [0.4, 0.5) is 5.69 Å². The van der Waals surface area contributed by atoms with Crippen LogP contribution in [0.25, 0.3) is 0 Å². The van der Waals surface area contributed by atoms with Crippen LogP contribution in [0.3, 0.4) is 0 Å². The van der Waals surface area contributed by atoms with Crippen molar-refractivity contribution in [2.75, 3.05) is 11.4 Å². The molecule has 0 fully saturated rings. The van der Waals surface area contributed by atoms with Gasteiger partial charge in [-0.05, 0) is 25.5 Å². The first-order valence-corrected chi connectivity index (χ1v) is 7.28. The van der Waals surface area contributed by atoms with Gasteiger partial charge in [-0.3, -0.25) is 9.67 Å². The van der Waals surface area contributed by atoms with Gasteiger partial charge in [-0.1, -0.05) is 24.6 Å². The number of aryl methyl sites for hydroxylation is 3. The van der Waals surface area contributed by atoms with E-state index in [9.17, 15) is 0 Å². The number of hydrogen-bond acceptors (Lipinski definition) is 4. The molecule has 0 saturated carbocycles. The standard InChI is InChI=1S/C16H21N5/c1-4-14-13(10-20(3)19-14)15-9-18-16(17)21(15)12-7-5-11(2)6-8-12/h5-8,10,15H,4,9H2,1-3H3,(H2,17,18). The maximum absolute atomic E-state index is 6.12.